The van der Waals surface area contributed by atoms with E-state index in [1.807, 2.05) is 0 Å². The predicted octanol–water partition coefficient (Wildman–Crippen LogP) is 2.60. The van der Waals surface area contributed by atoms with Crippen LogP contribution in [0.2, 0.25) is 0 Å². The molecule has 1 aliphatic heterocycles. The molecule has 1 saturated carbocycles. The Hall–Kier alpha value is -0.0400. The van der Waals surface area contributed by atoms with Gasteiger partial charge in [-0.2, -0.15) is 0 Å². The summed E-state index contributed by atoms with van der Waals surface area (Å²) in [5.41, 5.74) is 0. The fourth-order valence-corrected chi connectivity index (χ4v) is 2.80. The third-order valence-electron chi connectivity index (χ3n) is 3.45. The second-order valence-electron chi connectivity index (χ2n) is 3.96. The monoisotopic (exact) mass is 154 g/mol. The van der Waals surface area contributed by atoms with Gasteiger partial charge in [0, 0.05) is 6.61 Å². The molecule has 3 unspecified atom stereocenters. The fraction of sp³-hybridized carbons (Fsp3) is 1.00. The lowest BCUT2D eigenvalue weighted by atomic mass is 9.76. The van der Waals surface area contributed by atoms with Gasteiger partial charge in [-0.15, -0.1) is 0 Å². The van der Waals surface area contributed by atoms with Crippen LogP contribution in [0.25, 0.3) is 0 Å². The van der Waals surface area contributed by atoms with E-state index in [2.05, 4.69) is 6.92 Å². The molecule has 0 aromatic rings. The van der Waals surface area contributed by atoms with Crippen LogP contribution in [0.4, 0.5) is 0 Å². The van der Waals surface area contributed by atoms with Crippen LogP contribution in [0.5, 0.6) is 0 Å². The van der Waals surface area contributed by atoms with E-state index in [9.17, 15) is 0 Å². The van der Waals surface area contributed by atoms with E-state index in [0.717, 1.165) is 18.4 Å². The van der Waals surface area contributed by atoms with Gasteiger partial charge in [0.15, 0.2) is 0 Å². The van der Waals surface area contributed by atoms with Gasteiger partial charge in [-0.25, -0.2) is 0 Å². The second-order valence-corrected chi connectivity index (χ2v) is 3.96. The molecule has 11 heavy (non-hydrogen) atoms. The molecule has 0 aromatic carbocycles. The van der Waals surface area contributed by atoms with E-state index in [-0.39, 0.29) is 0 Å². The van der Waals surface area contributed by atoms with Crippen molar-refractivity contribution >= 4 is 0 Å². The summed E-state index contributed by atoms with van der Waals surface area (Å²) >= 11 is 0. The largest absolute Gasteiger partial charge is 0.378 e. The van der Waals surface area contributed by atoms with Crippen LogP contribution in [-0.4, -0.2) is 12.7 Å². The van der Waals surface area contributed by atoms with Crippen LogP contribution in [0.1, 0.15) is 39.0 Å². The van der Waals surface area contributed by atoms with Crippen molar-refractivity contribution in [2.75, 3.05) is 6.61 Å². The summed E-state index contributed by atoms with van der Waals surface area (Å²) in [6.07, 6.45) is 7.55. The Morgan fingerprint density at radius 2 is 2.18 bits per heavy atom. The van der Waals surface area contributed by atoms with Gasteiger partial charge in [-0.05, 0) is 24.7 Å². The van der Waals surface area contributed by atoms with Crippen molar-refractivity contribution in [2.45, 2.75) is 45.1 Å². The van der Waals surface area contributed by atoms with Gasteiger partial charge >= 0.3 is 0 Å². The van der Waals surface area contributed by atoms with E-state index in [1.54, 1.807) is 0 Å². The van der Waals surface area contributed by atoms with Gasteiger partial charge < -0.3 is 4.74 Å². The van der Waals surface area contributed by atoms with Crippen molar-refractivity contribution in [1.29, 1.82) is 0 Å². The summed E-state index contributed by atoms with van der Waals surface area (Å²) in [4.78, 5) is 0. The Morgan fingerprint density at radius 3 is 3.00 bits per heavy atom. The number of hydrogen-bond donors (Lipinski definition) is 0. The van der Waals surface area contributed by atoms with E-state index < -0.39 is 0 Å². The summed E-state index contributed by atoms with van der Waals surface area (Å²) in [6, 6.07) is 0. The molecule has 0 bridgehead atoms. The molecule has 64 valence electrons. The summed E-state index contributed by atoms with van der Waals surface area (Å²) < 4.78 is 5.69. The summed E-state index contributed by atoms with van der Waals surface area (Å²) in [5, 5.41) is 0. The Balaban J connectivity index is 2.00. The summed E-state index contributed by atoms with van der Waals surface area (Å²) in [5.74, 6) is 1.91. The lowest BCUT2D eigenvalue weighted by Crippen LogP contribution is -2.28. The lowest BCUT2D eigenvalue weighted by Gasteiger charge is -2.31. The molecule has 2 rings (SSSR count). The zero-order valence-electron chi connectivity index (χ0n) is 7.38. The van der Waals surface area contributed by atoms with Crippen molar-refractivity contribution in [1.82, 2.24) is 0 Å². The zero-order valence-corrected chi connectivity index (χ0v) is 7.38. The average Bonchev–Trinajstić information content (AvgIpc) is 2.50. The van der Waals surface area contributed by atoms with Gasteiger partial charge in [-0.1, -0.05) is 26.2 Å². The van der Waals surface area contributed by atoms with Gasteiger partial charge in [0.2, 0.25) is 0 Å². The molecular weight excluding hydrogens is 136 g/mol. The molecule has 0 spiro atoms. The molecular formula is C10H18O. The Morgan fingerprint density at radius 1 is 1.27 bits per heavy atom. The Bertz CT molecular complexity index is 133. The SMILES string of the molecule is CCC1CCCC2OCCC12. The van der Waals surface area contributed by atoms with E-state index in [0.29, 0.717) is 6.10 Å². The van der Waals surface area contributed by atoms with Gasteiger partial charge in [0.05, 0.1) is 6.10 Å². The van der Waals surface area contributed by atoms with Crippen molar-refractivity contribution in [3.8, 4) is 0 Å². The van der Waals surface area contributed by atoms with Gasteiger partial charge in [0.1, 0.15) is 0 Å². The van der Waals surface area contributed by atoms with Crippen molar-refractivity contribution in [3.63, 3.8) is 0 Å². The summed E-state index contributed by atoms with van der Waals surface area (Å²) in [6.45, 7) is 3.36. The first kappa shape index (κ1) is 7.60. The van der Waals surface area contributed by atoms with Crippen molar-refractivity contribution in [3.05, 3.63) is 0 Å². The molecule has 3 atom stereocenters. The minimum absolute atomic E-state index is 0.647. The Labute approximate surface area is 69.1 Å². The number of fused-ring (bicyclic) bond motifs is 1. The molecule has 1 nitrogen and oxygen atoms in total. The highest BCUT2D eigenvalue weighted by Crippen LogP contribution is 2.39. The third-order valence-corrected chi connectivity index (χ3v) is 3.45. The fourth-order valence-electron chi connectivity index (χ4n) is 2.80. The molecule has 1 aliphatic carbocycles. The maximum atomic E-state index is 5.69. The molecule has 1 saturated heterocycles. The second kappa shape index (κ2) is 3.14. The van der Waals surface area contributed by atoms with E-state index in [4.69, 9.17) is 4.74 Å². The summed E-state index contributed by atoms with van der Waals surface area (Å²) in [7, 11) is 0. The molecule has 1 heteroatoms. The third kappa shape index (κ3) is 1.31. The van der Waals surface area contributed by atoms with E-state index in [1.165, 1.54) is 32.1 Å². The molecule has 1 heterocycles. The normalized spacial score (nSPS) is 43.9. The van der Waals surface area contributed by atoms with Gasteiger partial charge in [-0.3, -0.25) is 0 Å². The first-order chi connectivity index (χ1) is 5.42. The number of hydrogen-bond acceptors (Lipinski definition) is 1. The maximum Gasteiger partial charge on any atom is 0.0606 e. The topological polar surface area (TPSA) is 9.23 Å². The minimum Gasteiger partial charge on any atom is -0.378 e. The first-order valence-electron chi connectivity index (χ1n) is 5.03. The first-order valence-corrected chi connectivity index (χ1v) is 5.03. The zero-order chi connectivity index (χ0) is 7.68. The highest BCUT2D eigenvalue weighted by Gasteiger charge is 2.36. The molecule has 2 fully saturated rings. The number of ether oxygens (including phenoxy) is 1. The Kier molecular flexibility index (Phi) is 2.17. The van der Waals surface area contributed by atoms with Crippen LogP contribution < -0.4 is 0 Å². The highest BCUT2D eigenvalue weighted by atomic mass is 16.5. The minimum atomic E-state index is 0.647. The van der Waals surface area contributed by atoms with Crippen LogP contribution in [-0.2, 0) is 4.74 Å². The highest BCUT2D eigenvalue weighted by molar-refractivity contribution is 4.85. The predicted molar refractivity (Wildman–Crippen MR) is 45.5 cm³/mol. The molecule has 0 radical (unpaired) electrons. The average molecular weight is 154 g/mol. The van der Waals surface area contributed by atoms with Crippen LogP contribution in [0.15, 0.2) is 0 Å². The molecule has 0 aromatic heterocycles. The number of rotatable bonds is 1. The van der Waals surface area contributed by atoms with Crippen LogP contribution in [0.3, 0.4) is 0 Å². The van der Waals surface area contributed by atoms with Gasteiger partial charge in [0.25, 0.3) is 0 Å². The van der Waals surface area contributed by atoms with Crippen LogP contribution >= 0.6 is 0 Å². The standard InChI is InChI=1S/C10H18O/c1-2-8-4-3-5-10-9(8)6-7-11-10/h8-10H,2-7H2,1H3. The quantitative estimate of drug-likeness (QED) is 0.564. The maximum absolute atomic E-state index is 5.69. The van der Waals surface area contributed by atoms with E-state index >= 15 is 0 Å². The molecule has 2 aliphatic rings. The van der Waals surface area contributed by atoms with Crippen LogP contribution in [0, 0.1) is 11.8 Å². The van der Waals surface area contributed by atoms with Crippen molar-refractivity contribution in [2.24, 2.45) is 11.8 Å². The smallest absolute Gasteiger partial charge is 0.0606 e. The molecule has 0 N–H and O–H groups in total. The molecule has 0 amide bonds. The lowest BCUT2D eigenvalue weighted by molar-refractivity contribution is 0.0430. The van der Waals surface area contributed by atoms with Crippen molar-refractivity contribution < 1.29 is 4.74 Å².